The van der Waals surface area contributed by atoms with E-state index >= 15 is 0 Å². The van der Waals surface area contributed by atoms with Crippen molar-refractivity contribution >= 4 is 46.6 Å². The monoisotopic (exact) mass is 476 g/mol. The fraction of sp³-hybridized carbons (Fsp3) is 0.130. The minimum Gasteiger partial charge on any atom is -0.322 e. The average Bonchev–Trinajstić information content (AvgIpc) is 3.15. The van der Waals surface area contributed by atoms with Crippen LogP contribution in [0.25, 0.3) is 0 Å². The van der Waals surface area contributed by atoms with Crippen LogP contribution >= 0.6 is 23.4 Å². The largest absolute Gasteiger partial charge is 0.416 e. The Morgan fingerprint density at radius 1 is 1.00 bits per heavy atom. The van der Waals surface area contributed by atoms with E-state index in [1.165, 1.54) is 28.8 Å². The lowest BCUT2D eigenvalue weighted by Crippen LogP contribution is -2.27. The van der Waals surface area contributed by atoms with Gasteiger partial charge < -0.3 is 5.32 Å². The van der Waals surface area contributed by atoms with Crippen LogP contribution in [0.1, 0.15) is 26.9 Å². The molecule has 1 N–H and O–H groups in total. The average molecular weight is 477 g/mol. The number of amides is 2. The van der Waals surface area contributed by atoms with E-state index in [4.69, 9.17) is 11.6 Å². The zero-order valence-electron chi connectivity index (χ0n) is 16.4. The molecule has 9 heteroatoms. The topological polar surface area (TPSA) is 49.4 Å². The van der Waals surface area contributed by atoms with E-state index in [0.29, 0.717) is 22.0 Å². The Bertz CT molecular complexity index is 1150. The molecule has 32 heavy (non-hydrogen) atoms. The molecule has 4 rings (SSSR count). The van der Waals surface area contributed by atoms with Crippen molar-refractivity contribution in [2.24, 2.45) is 0 Å². The number of halogens is 4. The van der Waals surface area contributed by atoms with Crippen LogP contribution < -0.4 is 10.2 Å². The van der Waals surface area contributed by atoms with E-state index in [2.05, 4.69) is 5.32 Å². The van der Waals surface area contributed by atoms with E-state index in [-0.39, 0.29) is 22.9 Å². The standard InChI is InChI=1S/C23H16ClF3N2O2S/c24-19-4-2-1-3-18(19)21(31)28-16-9-5-14(6-10-16)22-29(20(30)13-32-22)17-11-7-15(8-12-17)23(25,26)27/h1-12,22H,13H2,(H,28,31)/t22-/m0/s1. The molecule has 3 aromatic rings. The summed E-state index contributed by atoms with van der Waals surface area (Å²) < 4.78 is 38.6. The van der Waals surface area contributed by atoms with Gasteiger partial charge in [-0.3, -0.25) is 14.5 Å². The number of nitrogens with zero attached hydrogens (tertiary/aromatic N) is 1. The normalized spacial score (nSPS) is 16.3. The van der Waals surface area contributed by atoms with Crippen LogP contribution in [0.15, 0.2) is 72.8 Å². The predicted octanol–water partition coefficient (Wildman–Crippen LogP) is 6.39. The summed E-state index contributed by atoms with van der Waals surface area (Å²) in [6.07, 6.45) is -4.44. The number of nitrogens with one attached hydrogen (secondary N) is 1. The second-order valence-corrected chi connectivity index (χ2v) is 8.50. The lowest BCUT2D eigenvalue weighted by molar-refractivity contribution is -0.137. The molecule has 0 aliphatic carbocycles. The molecule has 3 aromatic carbocycles. The summed E-state index contributed by atoms with van der Waals surface area (Å²) >= 11 is 7.44. The first-order chi connectivity index (χ1) is 15.2. The minimum absolute atomic E-state index is 0.184. The summed E-state index contributed by atoms with van der Waals surface area (Å²) in [6, 6.07) is 18.2. The van der Waals surface area contributed by atoms with Crippen molar-refractivity contribution in [2.75, 3.05) is 16.0 Å². The van der Waals surface area contributed by atoms with Gasteiger partial charge in [-0.25, -0.2) is 0 Å². The minimum atomic E-state index is -4.44. The Morgan fingerprint density at radius 2 is 1.66 bits per heavy atom. The number of anilines is 2. The molecular weight excluding hydrogens is 461 g/mol. The maximum absolute atomic E-state index is 12.9. The molecule has 1 saturated heterocycles. The van der Waals surface area contributed by atoms with Gasteiger partial charge in [-0.05, 0) is 54.1 Å². The second kappa shape index (κ2) is 8.88. The number of hydrogen-bond acceptors (Lipinski definition) is 3. The molecule has 4 nitrogen and oxygen atoms in total. The molecule has 1 fully saturated rings. The van der Waals surface area contributed by atoms with Gasteiger partial charge in [0.2, 0.25) is 5.91 Å². The number of carbonyl (C=O) groups excluding carboxylic acids is 2. The molecule has 0 saturated carbocycles. The van der Waals surface area contributed by atoms with Crippen LogP contribution in [0, 0.1) is 0 Å². The van der Waals surface area contributed by atoms with Crippen molar-refractivity contribution in [3.05, 3.63) is 94.5 Å². The quantitative estimate of drug-likeness (QED) is 0.474. The highest BCUT2D eigenvalue weighted by atomic mass is 35.5. The van der Waals surface area contributed by atoms with Crippen LogP contribution in [0.5, 0.6) is 0 Å². The van der Waals surface area contributed by atoms with Gasteiger partial charge in [0.05, 0.1) is 21.9 Å². The van der Waals surface area contributed by atoms with Crippen molar-refractivity contribution in [3.8, 4) is 0 Å². The number of hydrogen-bond donors (Lipinski definition) is 1. The van der Waals surface area contributed by atoms with Gasteiger partial charge in [0, 0.05) is 11.4 Å². The maximum Gasteiger partial charge on any atom is 0.416 e. The van der Waals surface area contributed by atoms with E-state index in [9.17, 15) is 22.8 Å². The smallest absolute Gasteiger partial charge is 0.322 e. The molecule has 1 aliphatic rings. The SMILES string of the molecule is O=C(Nc1ccc([C@@H]2SCC(=O)N2c2ccc(C(F)(F)F)cc2)cc1)c1ccccc1Cl. The zero-order chi connectivity index (χ0) is 22.9. The summed E-state index contributed by atoms with van der Waals surface area (Å²) in [5.41, 5.74) is 1.32. The van der Waals surface area contributed by atoms with Gasteiger partial charge in [0.15, 0.2) is 0 Å². The van der Waals surface area contributed by atoms with Gasteiger partial charge in [0.1, 0.15) is 5.37 Å². The Hall–Kier alpha value is -2.97. The first-order valence-corrected chi connectivity index (χ1v) is 10.9. The third kappa shape index (κ3) is 4.61. The third-order valence-corrected chi connectivity index (χ3v) is 6.45. The van der Waals surface area contributed by atoms with Gasteiger partial charge in [-0.1, -0.05) is 35.9 Å². The zero-order valence-corrected chi connectivity index (χ0v) is 18.0. The number of alkyl halides is 3. The highest BCUT2D eigenvalue weighted by Crippen LogP contribution is 2.42. The Morgan fingerprint density at radius 3 is 2.28 bits per heavy atom. The van der Waals surface area contributed by atoms with Crippen molar-refractivity contribution in [3.63, 3.8) is 0 Å². The van der Waals surface area contributed by atoms with Crippen molar-refractivity contribution in [2.45, 2.75) is 11.6 Å². The van der Waals surface area contributed by atoms with E-state index < -0.39 is 11.7 Å². The lowest BCUT2D eigenvalue weighted by atomic mass is 10.1. The van der Waals surface area contributed by atoms with Gasteiger partial charge in [-0.15, -0.1) is 11.8 Å². The third-order valence-electron chi connectivity index (χ3n) is 4.91. The van der Waals surface area contributed by atoms with E-state index in [1.807, 2.05) is 0 Å². The van der Waals surface area contributed by atoms with Crippen LogP contribution in [0.4, 0.5) is 24.5 Å². The highest BCUT2D eigenvalue weighted by Gasteiger charge is 2.35. The molecule has 0 radical (unpaired) electrons. The molecule has 164 valence electrons. The van der Waals surface area contributed by atoms with Gasteiger partial charge in [-0.2, -0.15) is 13.2 Å². The van der Waals surface area contributed by atoms with E-state index in [1.54, 1.807) is 48.5 Å². The predicted molar refractivity (Wildman–Crippen MR) is 120 cm³/mol. The number of rotatable bonds is 4. The summed E-state index contributed by atoms with van der Waals surface area (Å²) in [5, 5.41) is 2.73. The van der Waals surface area contributed by atoms with Crippen LogP contribution in [0.3, 0.4) is 0 Å². The Kier molecular flexibility index (Phi) is 6.17. The van der Waals surface area contributed by atoms with Gasteiger partial charge >= 0.3 is 6.18 Å². The molecule has 0 unspecified atom stereocenters. The Balaban J connectivity index is 1.52. The summed E-state index contributed by atoms with van der Waals surface area (Å²) in [6.45, 7) is 0. The first kappa shape index (κ1) is 22.2. The first-order valence-electron chi connectivity index (χ1n) is 9.51. The lowest BCUT2D eigenvalue weighted by Gasteiger charge is -2.25. The fourth-order valence-electron chi connectivity index (χ4n) is 3.34. The summed E-state index contributed by atoms with van der Waals surface area (Å²) in [5.74, 6) is -0.313. The van der Waals surface area contributed by atoms with Crippen molar-refractivity contribution in [1.82, 2.24) is 0 Å². The molecule has 2 amide bonds. The number of benzene rings is 3. The highest BCUT2D eigenvalue weighted by molar-refractivity contribution is 8.00. The number of carbonyl (C=O) groups is 2. The van der Waals surface area contributed by atoms with Crippen molar-refractivity contribution in [1.29, 1.82) is 0 Å². The van der Waals surface area contributed by atoms with Crippen molar-refractivity contribution < 1.29 is 22.8 Å². The molecule has 1 atom stereocenters. The summed E-state index contributed by atoms with van der Waals surface area (Å²) in [4.78, 5) is 26.4. The second-order valence-electron chi connectivity index (χ2n) is 7.03. The maximum atomic E-state index is 12.9. The Labute approximate surface area is 191 Å². The van der Waals surface area contributed by atoms with Crippen LogP contribution in [-0.4, -0.2) is 17.6 Å². The van der Waals surface area contributed by atoms with Crippen LogP contribution in [-0.2, 0) is 11.0 Å². The van der Waals surface area contributed by atoms with Crippen LogP contribution in [0.2, 0.25) is 5.02 Å². The molecule has 0 bridgehead atoms. The summed E-state index contributed by atoms with van der Waals surface area (Å²) in [7, 11) is 0. The number of thioether (sulfide) groups is 1. The molecular formula is C23H16ClF3N2O2S. The van der Waals surface area contributed by atoms with E-state index in [0.717, 1.165) is 17.7 Å². The fourth-order valence-corrected chi connectivity index (χ4v) is 4.73. The van der Waals surface area contributed by atoms with Gasteiger partial charge in [0.25, 0.3) is 5.91 Å². The molecule has 1 heterocycles. The molecule has 0 spiro atoms. The molecule has 0 aromatic heterocycles. The molecule has 1 aliphatic heterocycles.